The van der Waals surface area contributed by atoms with E-state index >= 15 is 0 Å². The number of unbranched alkanes of at least 4 members (excludes halogenated alkanes) is 1. The van der Waals surface area contributed by atoms with Gasteiger partial charge >= 0.3 is 0 Å². The van der Waals surface area contributed by atoms with Gasteiger partial charge in [0.25, 0.3) is 0 Å². The Labute approximate surface area is 106 Å². The Bertz CT molecular complexity index is 237. The monoisotopic (exact) mass is 240 g/mol. The van der Waals surface area contributed by atoms with Crippen molar-refractivity contribution in [2.45, 2.75) is 52.4 Å². The van der Waals surface area contributed by atoms with Crippen LogP contribution in [0.25, 0.3) is 0 Å². The van der Waals surface area contributed by atoms with Crippen molar-refractivity contribution in [3.63, 3.8) is 0 Å². The number of rotatable bonds is 7. The molecule has 3 atom stereocenters. The zero-order valence-electron chi connectivity index (χ0n) is 11.4. The molecule has 0 aromatic heterocycles. The molecule has 0 aromatic carbocycles. The van der Waals surface area contributed by atoms with Crippen LogP contribution in [0.3, 0.4) is 0 Å². The molecule has 0 aliphatic heterocycles. The Morgan fingerprint density at radius 1 is 1.41 bits per heavy atom. The van der Waals surface area contributed by atoms with Crippen molar-refractivity contribution >= 4 is 0 Å². The van der Waals surface area contributed by atoms with Gasteiger partial charge < -0.3 is 10.2 Å². The van der Waals surface area contributed by atoms with Gasteiger partial charge in [-0.25, -0.2) is 0 Å². The van der Waals surface area contributed by atoms with Crippen LogP contribution in [0.15, 0.2) is 12.2 Å². The van der Waals surface area contributed by atoms with Gasteiger partial charge in [0, 0.05) is 13.2 Å². The Kier molecular flexibility index (Phi) is 6.21. The van der Waals surface area contributed by atoms with Crippen LogP contribution < -0.4 is 0 Å². The summed E-state index contributed by atoms with van der Waals surface area (Å²) in [5.74, 6) is 0.828. The average molecular weight is 240 g/mol. The van der Waals surface area contributed by atoms with Crippen LogP contribution in [0.4, 0.5) is 0 Å². The van der Waals surface area contributed by atoms with E-state index in [2.05, 4.69) is 19.1 Å². The third kappa shape index (κ3) is 3.56. The molecule has 0 unspecified atom stereocenters. The molecular weight excluding hydrogens is 212 g/mol. The van der Waals surface area contributed by atoms with E-state index in [1.807, 2.05) is 6.92 Å². The number of aliphatic hydroxyl groups is 2. The van der Waals surface area contributed by atoms with Crippen LogP contribution in [-0.4, -0.2) is 23.4 Å². The molecule has 17 heavy (non-hydrogen) atoms. The molecule has 0 bridgehead atoms. The first-order chi connectivity index (χ1) is 8.20. The predicted molar refractivity (Wildman–Crippen MR) is 71.8 cm³/mol. The molecule has 1 rings (SSSR count). The summed E-state index contributed by atoms with van der Waals surface area (Å²) in [5, 5.41) is 19.1. The van der Waals surface area contributed by atoms with Gasteiger partial charge in [0.15, 0.2) is 0 Å². The number of allylic oxidation sites excluding steroid dienone is 2. The fourth-order valence-electron chi connectivity index (χ4n) is 3.51. The highest BCUT2D eigenvalue weighted by Gasteiger charge is 2.43. The predicted octanol–water partition coefficient (Wildman–Crippen LogP) is 3.14. The normalized spacial score (nSPS) is 31.2. The quantitative estimate of drug-likeness (QED) is 0.530. The average Bonchev–Trinajstić information content (AvgIpc) is 2.78. The second-order valence-corrected chi connectivity index (χ2v) is 5.64. The molecule has 0 heterocycles. The van der Waals surface area contributed by atoms with E-state index in [0.717, 1.165) is 25.7 Å². The summed E-state index contributed by atoms with van der Waals surface area (Å²) >= 11 is 0. The molecule has 1 aliphatic carbocycles. The minimum atomic E-state index is 0.0870. The molecule has 0 saturated heterocycles. The van der Waals surface area contributed by atoms with Crippen LogP contribution >= 0.6 is 0 Å². The summed E-state index contributed by atoms with van der Waals surface area (Å²) in [6, 6.07) is 0. The molecule has 0 spiro atoms. The fourth-order valence-corrected chi connectivity index (χ4v) is 3.51. The van der Waals surface area contributed by atoms with Crippen molar-refractivity contribution in [2.75, 3.05) is 13.2 Å². The lowest BCUT2D eigenvalue weighted by atomic mass is 9.70. The van der Waals surface area contributed by atoms with Crippen molar-refractivity contribution in [3.8, 4) is 0 Å². The summed E-state index contributed by atoms with van der Waals surface area (Å²) in [6.45, 7) is 4.71. The molecule has 1 fully saturated rings. The maximum atomic E-state index is 9.79. The van der Waals surface area contributed by atoms with Crippen molar-refractivity contribution < 1.29 is 10.2 Å². The number of aliphatic hydroxyl groups excluding tert-OH is 2. The Morgan fingerprint density at radius 3 is 2.76 bits per heavy atom. The van der Waals surface area contributed by atoms with Gasteiger partial charge in [-0.15, -0.1) is 0 Å². The molecule has 1 saturated carbocycles. The van der Waals surface area contributed by atoms with Crippen molar-refractivity contribution in [1.82, 2.24) is 0 Å². The molecule has 0 radical (unpaired) electrons. The van der Waals surface area contributed by atoms with Gasteiger partial charge in [-0.3, -0.25) is 0 Å². The minimum absolute atomic E-state index is 0.0870. The zero-order chi connectivity index (χ0) is 12.7. The third-order valence-electron chi connectivity index (χ3n) is 4.55. The van der Waals surface area contributed by atoms with Gasteiger partial charge in [0.1, 0.15) is 0 Å². The van der Waals surface area contributed by atoms with Crippen molar-refractivity contribution in [3.05, 3.63) is 12.2 Å². The first-order valence-corrected chi connectivity index (χ1v) is 7.03. The number of hydrogen-bond acceptors (Lipinski definition) is 2. The van der Waals surface area contributed by atoms with E-state index in [-0.39, 0.29) is 18.6 Å². The Morgan fingerprint density at radius 2 is 2.18 bits per heavy atom. The van der Waals surface area contributed by atoms with Crippen LogP contribution in [0.1, 0.15) is 52.4 Å². The lowest BCUT2D eigenvalue weighted by Gasteiger charge is -2.37. The highest BCUT2D eigenvalue weighted by atomic mass is 16.3. The van der Waals surface area contributed by atoms with Gasteiger partial charge in [-0.05, 0) is 56.3 Å². The lowest BCUT2D eigenvalue weighted by Crippen LogP contribution is -2.34. The number of hydrogen-bond donors (Lipinski definition) is 2. The maximum Gasteiger partial charge on any atom is 0.0490 e. The summed E-state index contributed by atoms with van der Waals surface area (Å²) in [6.07, 6.45) is 11.2. The highest BCUT2D eigenvalue weighted by Crippen LogP contribution is 2.49. The molecule has 0 amide bonds. The van der Waals surface area contributed by atoms with E-state index in [1.165, 1.54) is 12.8 Å². The second-order valence-electron chi connectivity index (χ2n) is 5.64. The third-order valence-corrected chi connectivity index (χ3v) is 4.55. The van der Waals surface area contributed by atoms with Gasteiger partial charge in [0.05, 0.1) is 0 Å². The minimum Gasteiger partial charge on any atom is -0.396 e. The highest BCUT2D eigenvalue weighted by molar-refractivity contribution is 4.94. The van der Waals surface area contributed by atoms with E-state index in [1.54, 1.807) is 0 Å². The van der Waals surface area contributed by atoms with E-state index < -0.39 is 0 Å². The van der Waals surface area contributed by atoms with Crippen molar-refractivity contribution in [2.24, 2.45) is 17.3 Å². The first kappa shape index (κ1) is 14.7. The summed E-state index contributed by atoms with van der Waals surface area (Å²) in [4.78, 5) is 0. The van der Waals surface area contributed by atoms with Crippen LogP contribution in [-0.2, 0) is 0 Å². The van der Waals surface area contributed by atoms with Gasteiger partial charge in [-0.1, -0.05) is 25.5 Å². The summed E-state index contributed by atoms with van der Waals surface area (Å²) in [7, 11) is 0. The van der Waals surface area contributed by atoms with E-state index in [9.17, 15) is 10.2 Å². The zero-order valence-corrected chi connectivity index (χ0v) is 11.4. The lowest BCUT2D eigenvalue weighted by molar-refractivity contribution is 0.0306. The molecule has 0 aromatic rings. The van der Waals surface area contributed by atoms with E-state index in [0.29, 0.717) is 11.8 Å². The SMILES string of the molecule is C/C=C/CCC[C@]1(CO)CCC[C@H]1[C@H](C)CO. The van der Waals surface area contributed by atoms with Gasteiger partial charge in [-0.2, -0.15) is 0 Å². The molecular formula is C15H28O2. The Hall–Kier alpha value is -0.340. The van der Waals surface area contributed by atoms with Gasteiger partial charge in [0.2, 0.25) is 0 Å². The Balaban J connectivity index is 2.58. The summed E-state index contributed by atoms with van der Waals surface area (Å²) < 4.78 is 0. The van der Waals surface area contributed by atoms with Crippen LogP contribution in [0.5, 0.6) is 0 Å². The van der Waals surface area contributed by atoms with Crippen molar-refractivity contribution in [1.29, 1.82) is 0 Å². The largest absolute Gasteiger partial charge is 0.396 e. The second kappa shape index (κ2) is 7.17. The summed E-state index contributed by atoms with van der Waals surface area (Å²) in [5.41, 5.74) is 0.0870. The molecule has 2 heteroatoms. The molecule has 2 N–H and O–H groups in total. The maximum absolute atomic E-state index is 9.79. The standard InChI is InChI=1S/C15H28O2/c1-3-4-5-6-9-15(12-17)10-7-8-14(15)13(2)11-16/h3-4,13-14,16-17H,5-12H2,1-2H3/b4-3+/t13-,14+,15-/m1/s1. The van der Waals surface area contributed by atoms with E-state index in [4.69, 9.17) is 0 Å². The topological polar surface area (TPSA) is 40.5 Å². The fraction of sp³-hybridized carbons (Fsp3) is 0.867. The smallest absolute Gasteiger partial charge is 0.0490 e. The first-order valence-electron chi connectivity index (χ1n) is 7.03. The molecule has 1 aliphatic rings. The molecule has 2 nitrogen and oxygen atoms in total. The van der Waals surface area contributed by atoms with Crippen LogP contribution in [0, 0.1) is 17.3 Å². The van der Waals surface area contributed by atoms with Crippen LogP contribution in [0.2, 0.25) is 0 Å². The molecule has 100 valence electrons.